The molecule has 140 valence electrons. The zero-order chi connectivity index (χ0) is 19.4. The summed E-state index contributed by atoms with van der Waals surface area (Å²) in [6.45, 7) is 2.72. The summed E-state index contributed by atoms with van der Waals surface area (Å²) < 4.78 is 15.8. The average Bonchev–Trinajstić information content (AvgIpc) is 2.72. The topological polar surface area (TPSA) is 51.2 Å². The van der Waals surface area contributed by atoms with Gasteiger partial charge in [0, 0.05) is 55.6 Å². The highest BCUT2D eigenvalue weighted by molar-refractivity contribution is 6.34. The molecule has 0 atom stereocenters. The molecule has 1 aliphatic rings. The highest BCUT2D eigenvalue weighted by Gasteiger charge is 2.23. The van der Waals surface area contributed by atoms with Crippen LogP contribution in [0.1, 0.15) is 10.4 Å². The first-order chi connectivity index (χ1) is 13.0. The molecule has 0 saturated carbocycles. The minimum absolute atomic E-state index is 0.0211. The van der Waals surface area contributed by atoms with Crippen LogP contribution < -0.4 is 24.6 Å². The fourth-order valence-electron chi connectivity index (χ4n) is 3.19. The van der Waals surface area contributed by atoms with Gasteiger partial charge in [0.25, 0.3) is 5.91 Å². The van der Waals surface area contributed by atoms with Gasteiger partial charge in [0.05, 0.1) is 21.3 Å². The lowest BCUT2D eigenvalue weighted by molar-refractivity contribution is 0.0747. The molecule has 1 fully saturated rings. The van der Waals surface area contributed by atoms with Crippen LogP contribution in [0.4, 0.5) is 5.69 Å². The minimum atomic E-state index is -0.0211. The molecule has 2 aromatic rings. The van der Waals surface area contributed by atoms with Gasteiger partial charge >= 0.3 is 0 Å². The fraction of sp³-hybridized carbons (Fsp3) is 0.350. The van der Waals surface area contributed by atoms with Crippen LogP contribution in [-0.4, -0.2) is 66.2 Å². The molecule has 0 spiro atoms. The van der Waals surface area contributed by atoms with E-state index in [0.29, 0.717) is 29.9 Å². The fourth-order valence-corrected chi connectivity index (χ4v) is 3.19. The third kappa shape index (κ3) is 4.13. The Morgan fingerprint density at radius 1 is 0.889 bits per heavy atom. The van der Waals surface area contributed by atoms with Crippen molar-refractivity contribution in [3.63, 3.8) is 0 Å². The smallest absolute Gasteiger partial charge is 0.253 e. The maximum absolute atomic E-state index is 12.8. The van der Waals surface area contributed by atoms with Gasteiger partial charge in [0.2, 0.25) is 0 Å². The molecular weight excluding hydrogens is 343 g/mol. The van der Waals surface area contributed by atoms with Crippen molar-refractivity contribution in [2.45, 2.75) is 0 Å². The molecule has 0 aromatic heterocycles. The largest absolute Gasteiger partial charge is 0.497 e. The van der Waals surface area contributed by atoms with Crippen LogP contribution >= 0.6 is 0 Å². The van der Waals surface area contributed by atoms with Crippen molar-refractivity contribution in [1.82, 2.24) is 4.90 Å². The van der Waals surface area contributed by atoms with Crippen molar-refractivity contribution < 1.29 is 19.0 Å². The summed E-state index contributed by atoms with van der Waals surface area (Å²) >= 11 is 0. The molecule has 0 N–H and O–H groups in total. The molecule has 27 heavy (non-hydrogen) atoms. The normalized spacial score (nSPS) is 14.0. The zero-order valence-corrected chi connectivity index (χ0v) is 15.9. The molecule has 2 radical (unpaired) electrons. The van der Waals surface area contributed by atoms with E-state index in [2.05, 4.69) is 4.90 Å². The number of ether oxygens (including phenoxy) is 3. The van der Waals surface area contributed by atoms with Crippen LogP contribution in [0, 0.1) is 0 Å². The number of methoxy groups -OCH3 is 3. The Bertz CT molecular complexity index is 797. The van der Waals surface area contributed by atoms with Gasteiger partial charge < -0.3 is 24.0 Å². The number of hydrogen-bond acceptors (Lipinski definition) is 5. The highest BCUT2D eigenvalue weighted by Crippen LogP contribution is 2.29. The van der Waals surface area contributed by atoms with Gasteiger partial charge in [-0.1, -0.05) is 11.5 Å². The maximum Gasteiger partial charge on any atom is 0.253 e. The lowest BCUT2D eigenvalue weighted by atomic mass is 9.92. The van der Waals surface area contributed by atoms with E-state index in [0.717, 1.165) is 30.3 Å². The van der Waals surface area contributed by atoms with Gasteiger partial charge in [-0.2, -0.15) is 0 Å². The van der Waals surface area contributed by atoms with E-state index in [1.165, 1.54) is 0 Å². The van der Waals surface area contributed by atoms with Crippen LogP contribution in [0.3, 0.4) is 0 Å². The van der Waals surface area contributed by atoms with Crippen molar-refractivity contribution in [2.24, 2.45) is 0 Å². The van der Waals surface area contributed by atoms with E-state index in [9.17, 15) is 4.79 Å². The Balaban J connectivity index is 1.68. The van der Waals surface area contributed by atoms with E-state index in [-0.39, 0.29) is 5.91 Å². The first-order valence-corrected chi connectivity index (χ1v) is 8.76. The number of carbonyl (C=O) groups is 1. The Morgan fingerprint density at radius 3 is 2.04 bits per heavy atom. The third-order valence-electron chi connectivity index (χ3n) is 4.74. The van der Waals surface area contributed by atoms with Gasteiger partial charge in [-0.25, -0.2) is 0 Å². The Morgan fingerprint density at radius 2 is 1.52 bits per heavy atom. The molecule has 1 aliphatic heterocycles. The van der Waals surface area contributed by atoms with Crippen molar-refractivity contribution in [2.75, 3.05) is 52.4 Å². The second kappa shape index (κ2) is 8.25. The van der Waals surface area contributed by atoms with Crippen LogP contribution in [0.5, 0.6) is 17.2 Å². The maximum atomic E-state index is 12.8. The highest BCUT2D eigenvalue weighted by atomic mass is 16.5. The quantitative estimate of drug-likeness (QED) is 0.751. The van der Waals surface area contributed by atoms with Crippen LogP contribution in [-0.2, 0) is 0 Å². The number of benzene rings is 2. The summed E-state index contributed by atoms with van der Waals surface area (Å²) in [5.41, 5.74) is 2.06. The van der Waals surface area contributed by atoms with Crippen LogP contribution in [0.2, 0.25) is 0 Å². The van der Waals surface area contributed by atoms with E-state index < -0.39 is 0 Å². The van der Waals surface area contributed by atoms with Crippen LogP contribution in [0.25, 0.3) is 0 Å². The van der Waals surface area contributed by atoms with Crippen molar-refractivity contribution in [3.05, 3.63) is 42.0 Å². The number of rotatable bonds is 5. The van der Waals surface area contributed by atoms with Crippen LogP contribution in [0.15, 0.2) is 36.4 Å². The number of hydrogen-bond donors (Lipinski definition) is 0. The van der Waals surface area contributed by atoms with Gasteiger partial charge in [0.1, 0.15) is 25.1 Å². The lowest BCUT2D eigenvalue weighted by Gasteiger charge is -2.36. The molecule has 2 aromatic carbocycles. The first kappa shape index (κ1) is 19.0. The number of piperazine rings is 1. The van der Waals surface area contributed by atoms with E-state index in [4.69, 9.17) is 22.1 Å². The molecule has 1 heterocycles. The Hall–Kier alpha value is -2.83. The molecule has 0 aliphatic carbocycles. The minimum Gasteiger partial charge on any atom is -0.497 e. The Kier molecular flexibility index (Phi) is 5.79. The monoisotopic (exact) mass is 366 g/mol. The van der Waals surface area contributed by atoms with E-state index in [1.807, 2.05) is 23.1 Å². The summed E-state index contributed by atoms with van der Waals surface area (Å²) in [6, 6.07) is 10.9. The number of carbonyl (C=O) groups excluding carboxylic acids is 1. The summed E-state index contributed by atoms with van der Waals surface area (Å²) in [6.07, 6.45) is 0. The average molecular weight is 366 g/mol. The van der Waals surface area contributed by atoms with Crippen molar-refractivity contribution in [3.8, 4) is 17.2 Å². The predicted molar refractivity (Wildman–Crippen MR) is 106 cm³/mol. The Labute approximate surface area is 161 Å². The molecule has 6 nitrogen and oxygen atoms in total. The first-order valence-electron chi connectivity index (χ1n) is 8.76. The predicted octanol–water partition coefficient (Wildman–Crippen LogP) is 1.47. The van der Waals surface area contributed by atoms with Crippen molar-refractivity contribution >= 4 is 24.9 Å². The molecule has 1 amide bonds. The SMILES string of the molecule is [B]c1cc(C(=O)N2CCN(c3cc(OC)cc(OC)c3)CC2)ccc1OC. The molecule has 7 heteroatoms. The molecule has 3 rings (SSSR count). The third-order valence-corrected chi connectivity index (χ3v) is 4.74. The van der Waals surface area contributed by atoms with Gasteiger partial charge in [-0.05, 0) is 12.1 Å². The molecule has 0 unspecified atom stereocenters. The second-order valence-corrected chi connectivity index (χ2v) is 6.31. The summed E-state index contributed by atoms with van der Waals surface area (Å²) in [7, 11) is 10.7. The summed E-state index contributed by atoms with van der Waals surface area (Å²) in [5, 5.41) is 0. The summed E-state index contributed by atoms with van der Waals surface area (Å²) in [4.78, 5) is 16.8. The number of anilines is 1. The van der Waals surface area contributed by atoms with Crippen molar-refractivity contribution in [1.29, 1.82) is 0 Å². The summed E-state index contributed by atoms with van der Waals surface area (Å²) in [5.74, 6) is 2.05. The van der Waals surface area contributed by atoms with E-state index >= 15 is 0 Å². The van der Waals surface area contributed by atoms with E-state index in [1.54, 1.807) is 39.5 Å². The van der Waals surface area contributed by atoms with Gasteiger partial charge in [-0.15, -0.1) is 0 Å². The van der Waals surface area contributed by atoms with Gasteiger partial charge in [0.15, 0.2) is 0 Å². The zero-order valence-electron chi connectivity index (χ0n) is 15.9. The number of nitrogens with zero attached hydrogens (tertiary/aromatic N) is 2. The van der Waals surface area contributed by atoms with Gasteiger partial charge in [-0.3, -0.25) is 4.79 Å². The second-order valence-electron chi connectivity index (χ2n) is 6.31. The molecule has 0 bridgehead atoms. The molecular formula is C20H23BN2O4. The molecule has 1 saturated heterocycles. The number of amides is 1. The lowest BCUT2D eigenvalue weighted by Crippen LogP contribution is -2.48. The standard InChI is InChI=1S/C20H23BN2O4/c1-25-16-11-15(12-17(13-16)26-2)22-6-8-23(9-7-22)20(24)14-4-5-19(27-3)18(21)10-14/h4-5,10-13H,6-9H2,1-3H3.